The van der Waals surface area contributed by atoms with Gasteiger partial charge in [0.1, 0.15) is 0 Å². The van der Waals surface area contributed by atoms with E-state index in [-0.39, 0.29) is 21.7 Å². The molecular formula is C14H32Ti. The predicted octanol–water partition coefficient (Wildman–Crippen LogP) is 5.70. The number of hydrogen-bond acceptors (Lipinski definition) is 0. The van der Waals surface area contributed by atoms with Gasteiger partial charge in [0.15, 0.2) is 0 Å². The van der Waals surface area contributed by atoms with Crippen LogP contribution in [0.3, 0.4) is 0 Å². The molecule has 0 unspecified atom stereocenters. The van der Waals surface area contributed by atoms with E-state index in [0.29, 0.717) is 0 Å². The summed E-state index contributed by atoms with van der Waals surface area (Å²) in [4.78, 5) is 0. The molecule has 0 atom stereocenters. The van der Waals surface area contributed by atoms with Crippen LogP contribution in [0, 0.1) is 26.7 Å². The second-order valence-corrected chi connectivity index (χ2v) is 2.86. The molecule has 0 nitrogen and oxygen atoms in total. The first-order chi connectivity index (χ1) is 6.66. The van der Waals surface area contributed by atoms with Crippen molar-refractivity contribution in [1.29, 1.82) is 0 Å². The Morgan fingerprint density at radius 3 is 0.800 bits per heavy atom. The molecule has 0 aliphatic heterocycles. The van der Waals surface area contributed by atoms with Crippen LogP contribution < -0.4 is 0 Å². The molecule has 0 aliphatic rings. The van der Waals surface area contributed by atoms with Gasteiger partial charge in [-0.3, -0.25) is 0 Å². The third-order valence-electron chi connectivity index (χ3n) is 0.707. The van der Waals surface area contributed by atoms with E-state index in [1.807, 2.05) is 40.5 Å². The summed E-state index contributed by atoms with van der Waals surface area (Å²) in [6.45, 7) is 19.4. The molecule has 15 heavy (non-hydrogen) atoms. The molecule has 0 aromatic rings. The summed E-state index contributed by atoms with van der Waals surface area (Å²) in [5, 5.41) is 0. The van der Waals surface area contributed by atoms with Crippen molar-refractivity contribution in [1.82, 2.24) is 0 Å². The summed E-state index contributed by atoms with van der Waals surface area (Å²) in [6, 6.07) is 0. The monoisotopic (exact) mass is 248 g/mol. The normalized spacial score (nSPS) is 6.40. The summed E-state index contributed by atoms with van der Waals surface area (Å²) < 4.78 is 0. The van der Waals surface area contributed by atoms with E-state index in [1.165, 1.54) is 12.8 Å². The fourth-order valence-corrected chi connectivity index (χ4v) is 0. The zero-order chi connectivity index (χ0) is 12.2. The van der Waals surface area contributed by atoms with Crippen LogP contribution in [-0.2, 0) is 21.7 Å². The summed E-state index contributed by atoms with van der Waals surface area (Å²) in [5.74, 6) is 0. The van der Waals surface area contributed by atoms with Gasteiger partial charge >= 0.3 is 21.7 Å². The molecule has 0 fully saturated rings. The van der Waals surface area contributed by atoms with Gasteiger partial charge in [-0.25, -0.2) is 0 Å². The SMILES string of the molecule is C[CH-]C.C[CH-]C.[CH2-]CCC.[CH2-]CCC.[Ti+4]. The van der Waals surface area contributed by atoms with Crippen molar-refractivity contribution in [2.75, 3.05) is 0 Å². The fraction of sp³-hybridized carbons (Fsp3) is 0.714. The van der Waals surface area contributed by atoms with Gasteiger partial charge < -0.3 is 26.7 Å². The minimum atomic E-state index is 0. The second kappa shape index (κ2) is 61.4. The third-order valence-corrected chi connectivity index (χ3v) is 0.707. The molecule has 0 aliphatic carbocycles. The Morgan fingerprint density at radius 1 is 0.733 bits per heavy atom. The van der Waals surface area contributed by atoms with E-state index in [0.717, 1.165) is 12.8 Å². The van der Waals surface area contributed by atoms with Crippen LogP contribution in [0.15, 0.2) is 0 Å². The van der Waals surface area contributed by atoms with E-state index < -0.39 is 0 Å². The largest absolute Gasteiger partial charge is 4.00 e. The molecule has 1 heteroatoms. The Morgan fingerprint density at radius 2 is 0.800 bits per heavy atom. The van der Waals surface area contributed by atoms with Crippen molar-refractivity contribution in [2.24, 2.45) is 0 Å². The summed E-state index contributed by atoms with van der Waals surface area (Å²) in [5.41, 5.74) is 0. The van der Waals surface area contributed by atoms with Gasteiger partial charge in [0, 0.05) is 0 Å². The quantitative estimate of drug-likeness (QED) is 0.434. The van der Waals surface area contributed by atoms with Gasteiger partial charge in [0.25, 0.3) is 0 Å². The molecule has 0 bridgehead atoms. The maximum atomic E-state index is 3.60. The van der Waals surface area contributed by atoms with Crippen molar-refractivity contribution in [2.45, 2.75) is 67.2 Å². The van der Waals surface area contributed by atoms with Crippen molar-refractivity contribution >= 4 is 0 Å². The van der Waals surface area contributed by atoms with Crippen molar-refractivity contribution in [3.8, 4) is 0 Å². The summed E-state index contributed by atoms with van der Waals surface area (Å²) in [6.07, 6.45) is 8.56. The van der Waals surface area contributed by atoms with Crippen molar-refractivity contribution in [3.63, 3.8) is 0 Å². The van der Waals surface area contributed by atoms with Crippen LogP contribution in [-0.4, -0.2) is 0 Å². The van der Waals surface area contributed by atoms with Crippen LogP contribution in [0.5, 0.6) is 0 Å². The molecule has 0 spiro atoms. The van der Waals surface area contributed by atoms with Gasteiger partial charge in [0.2, 0.25) is 0 Å². The molecule has 0 amide bonds. The molecule has 0 saturated heterocycles. The van der Waals surface area contributed by atoms with Gasteiger partial charge in [-0.1, -0.05) is 26.7 Å². The van der Waals surface area contributed by atoms with Crippen molar-refractivity contribution in [3.05, 3.63) is 26.7 Å². The van der Waals surface area contributed by atoms with E-state index in [1.54, 1.807) is 0 Å². The van der Waals surface area contributed by atoms with Crippen LogP contribution >= 0.6 is 0 Å². The Labute approximate surface area is 116 Å². The average Bonchev–Trinajstić information content (AvgIpc) is 2.20. The molecule has 0 saturated carbocycles. The molecule has 0 aromatic carbocycles. The van der Waals surface area contributed by atoms with E-state index in [2.05, 4.69) is 27.7 Å². The Balaban J connectivity index is -0.0000000293. The zero-order valence-corrected chi connectivity index (χ0v) is 13.5. The minimum Gasteiger partial charge on any atom is -0.343 e. The Bertz CT molecular complexity index is 26.3. The molecule has 0 N–H and O–H groups in total. The topological polar surface area (TPSA) is 0 Å². The van der Waals surface area contributed by atoms with Gasteiger partial charge in [0.05, 0.1) is 0 Å². The van der Waals surface area contributed by atoms with Crippen LogP contribution in [0.1, 0.15) is 67.2 Å². The standard InChI is InChI=1S/2C4H9.2C3H7.Ti/c2*1-3-4-2;2*1-3-2;/h2*1,3-4H2,2H3;2*3H,1-2H3;/q4*-1;+4. The molecule has 92 valence electrons. The first-order valence-corrected chi connectivity index (χ1v) is 5.72. The Kier molecular flexibility index (Phi) is 121. The van der Waals surface area contributed by atoms with E-state index in [4.69, 9.17) is 0 Å². The maximum Gasteiger partial charge on any atom is 4.00 e. The van der Waals surface area contributed by atoms with Gasteiger partial charge in [-0.15, -0.1) is 0 Å². The Hall–Kier alpha value is 0.714. The van der Waals surface area contributed by atoms with Gasteiger partial charge in [-0.2, -0.15) is 40.5 Å². The molecule has 0 aromatic heterocycles. The number of rotatable bonds is 2. The first kappa shape index (κ1) is 29.6. The van der Waals surface area contributed by atoms with E-state index >= 15 is 0 Å². The van der Waals surface area contributed by atoms with Gasteiger partial charge in [-0.05, 0) is 0 Å². The minimum absolute atomic E-state index is 0. The fourth-order valence-electron chi connectivity index (χ4n) is 0. The zero-order valence-electron chi connectivity index (χ0n) is 11.9. The molecule has 0 heterocycles. The summed E-state index contributed by atoms with van der Waals surface area (Å²) >= 11 is 0. The average molecular weight is 248 g/mol. The predicted molar refractivity (Wildman–Crippen MR) is 71.8 cm³/mol. The first-order valence-electron chi connectivity index (χ1n) is 5.72. The second-order valence-electron chi connectivity index (χ2n) is 2.86. The summed E-state index contributed by atoms with van der Waals surface area (Å²) in [7, 11) is 0. The molecule has 0 rings (SSSR count). The van der Waals surface area contributed by atoms with Crippen molar-refractivity contribution < 1.29 is 21.7 Å². The van der Waals surface area contributed by atoms with Crippen LogP contribution in [0.25, 0.3) is 0 Å². The van der Waals surface area contributed by atoms with Crippen LogP contribution in [0.2, 0.25) is 0 Å². The number of unbranched alkanes of at least 4 members (excludes halogenated alkanes) is 2. The van der Waals surface area contributed by atoms with Crippen LogP contribution in [0.4, 0.5) is 0 Å². The third kappa shape index (κ3) is 323. The number of hydrogen-bond donors (Lipinski definition) is 0. The smallest absolute Gasteiger partial charge is 0.343 e. The maximum absolute atomic E-state index is 3.60. The molecular weight excluding hydrogens is 216 g/mol. The van der Waals surface area contributed by atoms with E-state index in [9.17, 15) is 0 Å². The molecule has 0 radical (unpaired) electrons.